The highest BCUT2D eigenvalue weighted by atomic mass is 16.4. The number of aliphatic carboxylic acids is 1. The quantitative estimate of drug-likeness (QED) is 0.715. The molecule has 20 heavy (non-hydrogen) atoms. The van der Waals surface area contributed by atoms with Gasteiger partial charge in [0.2, 0.25) is 0 Å². The Bertz CT molecular complexity index is 393. The van der Waals surface area contributed by atoms with Crippen LogP contribution in [-0.2, 0) is 4.79 Å². The van der Waals surface area contributed by atoms with Gasteiger partial charge in [0.15, 0.2) is 0 Å². The molecule has 0 unspecified atom stereocenters. The monoisotopic (exact) mass is 281 g/mol. The fourth-order valence-corrected chi connectivity index (χ4v) is 2.32. The number of hydrogen-bond acceptors (Lipinski definition) is 3. The first-order chi connectivity index (χ1) is 9.34. The fraction of sp³-hybridized carbons (Fsp3) is 0.786. The molecule has 2 amide bonds. The Kier molecular flexibility index (Phi) is 5.81. The van der Waals surface area contributed by atoms with Gasteiger partial charge in [0.1, 0.15) is 0 Å². The summed E-state index contributed by atoms with van der Waals surface area (Å²) in [7, 11) is 0. The topological polar surface area (TPSA) is 102 Å². The average molecular weight is 281 g/mol. The first kappa shape index (κ1) is 16.3. The molecule has 6 nitrogen and oxygen atoms in total. The number of carbonyl (C=O) groups is 2. The second kappa shape index (κ2) is 7.13. The number of nitrogens with zero attached hydrogens (tertiary/aromatic N) is 1. The van der Waals surface area contributed by atoms with E-state index in [2.05, 4.69) is 16.7 Å². The summed E-state index contributed by atoms with van der Waals surface area (Å²) in [5.74, 6) is -1.02. The second-order valence-corrected chi connectivity index (χ2v) is 6.21. The van der Waals surface area contributed by atoms with Gasteiger partial charge in [-0.05, 0) is 31.1 Å². The summed E-state index contributed by atoms with van der Waals surface area (Å²) in [6.45, 7) is 4.29. The molecular weight excluding hydrogens is 258 g/mol. The minimum absolute atomic E-state index is 0.0460. The maximum absolute atomic E-state index is 11.8. The van der Waals surface area contributed by atoms with Crippen molar-refractivity contribution in [3.05, 3.63) is 0 Å². The van der Waals surface area contributed by atoms with E-state index in [1.54, 1.807) is 0 Å². The summed E-state index contributed by atoms with van der Waals surface area (Å²) in [6, 6.07) is 1.91. The van der Waals surface area contributed by atoms with Crippen LogP contribution in [0.25, 0.3) is 0 Å². The lowest BCUT2D eigenvalue weighted by Gasteiger charge is -2.28. The largest absolute Gasteiger partial charge is 0.481 e. The Hall–Kier alpha value is -1.77. The van der Waals surface area contributed by atoms with Gasteiger partial charge in [0.05, 0.1) is 12.0 Å². The van der Waals surface area contributed by atoms with Crippen molar-refractivity contribution >= 4 is 12.0 Å². The molecule has 1 aliphatic rings. The van der Waals surface area contributed by atoms with E-state index in [9.17, 15) is 9.59 Å². The third-order valence-corrected chi connectivity index (χ3v) is 3.70. The normalized spacial score (nSPS) is 22.6. The predicted octanol–water partition coefficient (Wildman–Crippen LogP) is 1.87. The lowest BCUT2D eigenvalue weighted by atomic mass is 9.86. The molecule has 0 bridgehead atoms. The summed E-state index contributed by atoms with van der Waals surface area (Å²) in [5, 5.41) is 23.2. The molecule has 1 aliphatic carbocycles. The molecule has 0 aromatic rings. The van der Waals surface area contributed by atoms with Gasteiger partial charge < -0.3 is 15.7 Å². The van der Waals surface area contributed by atoms with Crippen molar-refractivity contribution < 1.29 is 14.7 Å². The van der Waals surface area contributed by atoms with E-state index >= 15 is 0 Å². The van der Waals surface area contributed by atoms with Gasteiger partial charge in [-0.25, -0.2) is 4.79 Å². The van der Waals surface area contributed by atoms with E-state index < -0.39 is 5.97 Å². The highest BCUT2D eigenvalue weighted by Gasteiger charge is 2.27. The highest BCUT2D eigenvalue weighted by molar-refractivity contribution is 5.74. The van der Waals surface area contributed by atoms with Gasteiger partial charge >= 0.3 is 12.0 Å². The molecule has 1 saturated carbocycles. The predicted molar refractivity (Wildman–Crippen MR) is 73.9 cm³/mol. The number of urea groups is 1. The van der Waals surface area contributed by atoms with E-state index in [1.807, 2.05) is 13.8 Å². The lowest BCUT2D eigenvalue weighted by molar-refractivity contribution is -0.142. The van der Waals surface area contributed by atoms with Crippen molar-refractivity contribution in [1.29, 1.82) is 5.26 Å². The molecular formula is C14H23N3O3. The number of amides is 2. The van der Waals surface area contributed by atoms with Crippen LogP contribution in [0.5, 0.6) is 0 Å². The minimum Gasteiger partial charge on any atom is -0.481 e. The number of carboxylic acid groups (broad SMARTS) is 1. The van der Waals surface area contributed by atoms with Crippen molar-refractivity contribution in [2.24, 2.45) is 11.3 Å². The zero-order chi connectivity index (χ0) is 15.2. The van der Waals surface area contributed by atoms with Crippen molar-refractivity contribution in [3.63, 3.8) is 0 Å². The van der Waals surface area contributed by atoms with Crippen LogP contribution in [-0.4, -0.2) is 29.7 Å². The maximum atomic E-state index is 11.8. The summed E-state index contributed by atoms with van der Waals surface area (Å²) < 4.78 is 0. The van der Waals surface area contributed by atoms with Gasteiger partial charge in [0.25, 0.3) is 0 Å². The van der Waals surface area contributed by atoms with E-state index in [1.165, 1.54) is 0 Å². The molecule has 3 N–H and O–H groups in total. The Morgan fingerprint density at radius 2 is 1.90 bits per heavy atom. The standard InChI is InChI=1S/C14H23N3O3/c1-14(2,7-8-15)9-16-13(20)17-11-5-3-10(4-6-11)12(18)19/h10-11H,3-7,9H2,1-2H3,(H,18,19)(H2,16,17,20). The molecule has 1 fully saturated rings. The van der Waals surface area contributed by atoms with Gasteiger partial charge in [-0.2, -0.15) is 5.26 Å². The second-order valence-electron chi connectivity index (χ2n) is 6.21. The number of nitrogens with one attached hydrogen (secondary N) is 2. The van der Waals surface area contributed by atoms with Crippen LogP contribution in [0.2, 0.25) is 0 Å². The van der Waals surface area contributed by atoms with Gasteiger partial charge in [0, 0.05) is 19.0 Å². The van der Waals surface area contributed by atoms with Crippen LogP contribution >= 0.6 is 0 Å². The summed E-state index contributed by atoms with van der Waals surface area (Å²) in [4.78, 5) is 22.6. The molecule has 6 heteroatoms. The first-order valence-electron chi connectivity index (χ1n) is 6.98. The zero-order valence-corrected chi connectivity index (χ0v) is 12.1. The molecule has 0 aromatic heterocycles. The maximum Gasteiger partial charge on any atom is 0.315 e. The molecule has 112 valence electrons. The van der Waals surface area contributed by atoms with Crippen LogP contribution < -0.4 is 10.6 Å². The minimum atomic E-state index is -0.744. The molecule has 0 aromatic carbocycles. The van der Waals surface area contributed by atoms with Crippen LogP contribution in [0.1, 0.15) is 46.0 Å². The van der Waals surface area contributed by atoms with Gasteiger partial charge in [-0.1, -0.05) is 13.8 Å². The Labute approximate surface area is 119 Å². The highest BCUT2D eigenvalue weighted by Crippen LogP contribution is 2.24. The van der Waals surface area contributed by atoms with Crippen LogP contribution in [0.3, 0.4) is 0 Å². The van der Waals surface area contributed by atoms with Crippen LogP contribution in [0.15, 0.2) is 0 Å². The number of nitriles is 1. The SMILES string of the molecule is CC(C)(CC#N)CNC(=O)NC1CCC(C(=O)O)CC1. The molecule has 0 radical (unpaired) electrons. The summed E-state index contributed by atoms with van der Waals surface area (Å²) >= 11 is 0. The molecule has 0 spiro atoms. The average Bonchev–Trinajstić information content (AvgIpc) is 2.37. The third-order valence-electron chi connectivity index (χ3n) is 3.70. The van der Waals surface area contributed by atoms with E-state index in [0.29, 0.717) is 38.6 Å². The van der Waals surface area contributed by atoms with Crippen molar-refractivity contribution in [3.8, 4) is 6.07 Å². The van der Waals surface area contributed by atoms with Crippen molar-refractivity contribution in [2.75, 3.05) is 6.54 Å². The number of carboxylic acids is 1. The zero-order valence-electron chi connectivity index (χ0n) is 12.1. The Morgan fingerprint density at radius 1 is 1.30 bits per heavy atom. The van der Waals surface area contributed by atoms with Crippen molar-refractivity contribution in [1.82, 2.24) is 10.6 Å². The van der Waals surface area contributed by atoms with Crippen LogP contribution in [0, 0.1) is 22.7 Å². The smallest absolute Gasteiger partial charge is 0.315 e. The lowest BCUT2D eigenvalue weighted by Crippen LogP contribution is -2.46. The molecule has 0 heterocycles. The molecule has 0 aliphatic heterocycles. The van der Waals surface area contributed by atoms with Crippen molar-refractivity contribution in [2.45, 2.75) is 52.0 Å². The number of carbonyl (C=O) groups excluding carboxylic acids is 1. The Balaban J connectivity index is 2.27. The number of rotatable bonds is 5. The summed E-state index contributed by atoms with van der Waals surface area (Å²) in [5.41, 5.74) is -0.243. The molecule has 0 saturated heterocycles. The third kappa shape index (κ3) is 5.47. The van der Waals surface area contributed by atoms with Crippen LogP contribution in [0.4, 0.5) is 4.79 Å². The van der Waals surface area contributed by atoms with E-state index in [0.717, 1.165) is 0 Å². The molecule has 1 rings (SSSR count). The fourth-order valence-electron chi connectivity index (χ4n) is 2.32. The molecule has 0 atom stereocenters. The van der Waals surface area contributed by atoms with Gasteiger partial charge in [-0.15, -0.1) is 0 Å². The summed E-state index contributed by atoms with van der Waals surface area (Å²) in [6.07, 6.45) is 3.01. The Morgan fingerprint density at radius 3 is 2.40 bits per heavy atom. The first-order valence-corrected chi connectivity index (χ1v) is 6.98. The van der Waals surface area contributed by atoms with E-state index in [-0.39, 0.29) is 23.4 Å². The van der Waals surface area contributed by atoms with E-state index in [4.69, 9.17) is 10.4 Å². The van der Waals surface area contributed by atoms with Gasteiger partial charge in [-0.3, -0.25) is 4.79 Å². The number of hydrogen-bond donors (Lipinski definition) is 3.